The van der Waals surface area contributed by atoms with Crippen molar-refractivity contribution in [3.8, 4) is 0 Å². The third-order valence-electron chi connectivity index (χ3n) is 4.90. The number of hydrogen-bond donors (Lipinski definition) is 0. The lowest BCUT2D eigenvalue weighted by Gasteiger charge is -2.15. The summed E-state index contributed by atoms with van der Waals surface area (Å²) in [6, 6.07) is 4.88. The first kappa shape index (κ1) is 25.4. The molecule has 0 fully saturated rings. The lowest BCUT2D eigenvalue weighted by Crippen LogP contribution is -2.19. The van der Waals surface area contributed by atoms with Gasteiger partial charge in [-0.1, -0.05) is 29.3 Å². The molecule has 0 spiro atoms. The normalized spacial score (nSPS) is 12.9. The van der Waals surface area contributed by atoms with Crippen molar-refractivity contribution in [3.05, 3.63) is 80.1 Å². The Morgan fingerprint density at radius 3 is 1.82 bits per heavy atom. The minimum absolute atomic E-state index is 0.00513. The van der Waals surface area contributed by atoms with Crippen molar-refractivity contribution in [2.45, 2.75) is 37.5 Å². The Morgan fingerprint density at radius 1 is 0.879 bits per heavy atom. The molecule has 13 heteroatoms. The van der Waals surface area contributed by atoms with E-state index in [0.29, 0.717) is 25.3 Å². The largest absolute Gasteiger partial charge is 0.416 e. The summed E-state index contributed by atoms with van der Waals surface area (Å²) in [5.41, 5.74) is -2.50. The molecule has 0 radical (unpaired) electrons. The van der Waals surface area contributed by atoms with Crippen LogP contribution in [0.25, 0.3) is 0 Å². The Bertz CT molecular complexity index is 1280. The van der Waals surface area contributed by atoms with Crippen LogP contribution in [-0.4, -0.2) is 17.6 Å². The van der Waals surface area contributed by atoms with Crippen molar-refractivity contribution < 1.29 is 34.8 Å². The Morgan fingerprint density at radius 2 is 1.36 bits per heavy atom. The number of aryl methyl sites for hydroxylation is 1. The van der Waals surface area contributed by atoms with Gasteiger partial charge in [0.2, 0.25) is 0 Å². The second kappa shape index (κ2) is 8.52. The molecule has 0 unspecified atom stereocenters. The number of rotatable bonds is 4. The molecule has 0 aliphatic heterocycles. The Hall–Kier alpha value is -2.24. The minimum Gasteiger partial charge on any atom is -0.199 e. The molecule has 0 aliphatic rings. The number of hydrogen-bond acceptors (Lipinski definition) is 3. The molecule has 3 rings (SSSR count). The van der Waals surface area contributed by atoms with Gasteiger partial charge in [0.1, 0.15) is 0 Å². The topological polar surface area (TPSA) is 52.0 Å². The van der Waals surface area contributed by atoms with Crippen molar-refractivity contribution in [3.63, 3.8) is 0 Å². The first-order chi connectivity index (χ1) is 15.0. The highest BCUT2D eigenvalue weighted by molar-refractivity contribution is 7.89. The highest BCUT2D eigenvalue weighted by Gasteiger charge is 2.39. The third-order valence-corrected chi connectivity index (χ3v) is 7.25. The van der Waals surface area contributed by atoms with Crippen LogP contribution in [0.3, 0.4) is 0 Å². The van der Waals surface area contributed by atoms with Gasteiger partial charge in [0, 0.05) is 22.0 Å². The Balaban J connectivity index is 2.17. The molecule has 0 N–H and O–H groups in total. The van der Waals surface area contributed by atoms with E-state index >= 15 is 0 Å². The summed E-state index contributed by atoms with van der Waals surface area (Å²) in [5.74, 6) is 0. The van der Waals surface area contributed by atoms with E-state index < -0.39 is 38.4 Å². The molecule has 0 amide bonds. The van der Waals surface area contributed by atoms with Gasteiger partial charge in [-0.15, -0.1) is 0 Å². The molecular formula is C20H14Cl2F6N2O2S. The van der Waals surface area contributed by atoms with E-state index in [9.17, 15) is 34.8 Å². The fraction of sp³-hybridized carbons (Fsp3) is 0.250. The molecule has 3 aromatic rings. The van der Waals surface area contributed by atoms with E-state index in [1.165, 1.54) is 13.8 Å². The van der Waals surface area contributed by atoms with Gasteiger partial charge in [0.25, 0.3) is 10.0 Å². The molecule has 0 atom stereocenters. The highest BCUT2D eigenvalue weighted by atomic mass is 35.5. The lowest BCUT2D eigenvalue weighted by atomic mass is 10.0. The maximum absolute atomic E-state index is 13.2. The van der Waals surface area contributed by atoms with Crippen LogP contribution in [0.1, 0.15) is 33.6 Å². The summed E-state index contributed by atoms with van der Waals surface area (Å²) in [4.78, 5) is -1.20. The smallest absolute Gasteiger partial charge is 0.199 e. The molecule has 33 heavy (non-hydrogen) atoms. The van der Waals surface area contributed by atoms with Crippen LogP contribution in [0.4, 0.5) is 26.3 Å². The van der Waals surface area contributed by atoms with Gasteiger partial charge >= 0.3 is 12.4 Å². The molecule has 0 aliphatic carbocycles. The van der Waals surface area contributed by atoms with Crippen LogP contribution in [0.15, 0.2) is 41.3 Å². The average Bonchev–Trinajstić information content (AvgIpc) is 2.97. The number of benzene rings is 2. The van der Waals surface area contributed by atoms with Gasteiger partial charge in [-0.3, -0.25) is 0 Å². The van der Waals surface area contributed by atoms with Crippen molar-refractivity contribution in [1.29, 1.82) is 0 Å². The van der Waals surface area contributed by atoms with Gasteiger partial charge in [0.15, 0.2) is 0 Å². The molecular weight excluding hydrogens is 517 g/mol. The number of aromatic nitrogens is 2. The number of halogens is 8. The summed E-state index contributed by atoms with van der Waals surface area (Å²) < 4.78 is 106. The molecule has 1 heterocycles. The van der Waals surface area contributed by atoms with Gasteiger partial charge in [-0.05, 0) is 49.7 Å². The van der Waals surface area contributed by atoms with E-state index in [1.54, 1.807) is 18.2 Å². The first-order valence-corrected chi connectivity index (χ1v) is 11.3. The van der Waals surface area contributed by atoms with Crippen LogP contribution in [0.5, 0.6) is 0 Å². The summed E-state index contributed by atoms with van der Waals surface area (Å²) in [6.45, 7) is 2.78. The van der Waals surface area contributed by atoms with Crippen molar-refractivity contribution in [1.82, 2.24) is 9.19 Å². The average molecular weight is 531 g/mol. The van der Waals surface area contributed by atoms with Gasteiger partial charge in [-0.25, -0.2) is 0 Å². The standard InChI is InChI=1S/C20H14Cl2F6N2O2S/c1-10-15(9-16-17(21)4-3-5-18(16)22)11(2)30(29-10)33(31,32)14-7-12(19(23,24)25)6-13(8-14)20(26,27)28/h3-8H,9H2,1-2H3. The van der Waals surface area contributed by atoms with E-state index in [0.717, 1.165) is 0 Å². The fourth-order valence-electron chi connectivity index (χ4n) is 3.19. The van der Waals surface area contributed by atoms with E-state index in [2.05, 4.69) is 5.10 Å². The zero-order valence-corrected chi connectivity index (χ0v) is 19.1. The quantitative estimate of drug-likeness (QED) is 0.354. The molecule has 0 bridgehead atoms. The van der Waals surface area contributed by atoms with Crippen molar-refractivity contribution in [2.24, 2.45) is 0 Å². The van der Waals surface area contributed by atoms with Crippen LogP contribution in [0.2, 0.25) is 10.0 Å². The number of nitrogens with zero attached hydrogens (tertiary/aromatic N) is 2. The second-order valence-corrected chi connectivity index (χ2v) is 9.70. The maximum atomic E-state index is 13.2. The summed E-state index contributed by atoms with van der Waals surface area (Å²) in [5, 5.41) is 4.47. The summed E-state index contributed by atoms with van der Waals surface area (Å²) >= 11 is 12.3. The third kappa shape index (κ3) is 4.99. The maximum Gasteiger partial charge on any atom is 0.416 e. The summed E-state index contributed by atoms with van der Waals surface area (Å²) in [6.07, 6.45) is -10.4. The fourth-order valence-corrected chi connectivity index (χ4v) is 5.18. The van der Waals surface area contributed by atoms with Crippen LogP contribution in [0, 0.1) is 13.8 Å². The van der Waals surface area contributed by atoms with Crippen LogP contribution in [-0.2, 0) is 28.8 Å². The monoisotopic (exact) mass is 530 g/mol. The van der Waals surface area contributed by atoms with Gasteiger partial charge in [0.05, 0.1) is 27.4 Å². The van der Waals surface area contributed by atoms with Crippen LogP contribution >= 0.6 is 23.2 Å². The van der Waals surface area contributed by atoms with E-state index in [1.807, 2.05) is 0 Å². The van der Waals surface area contributed by atoms with Crippen molar-refractivity contribution >= 4 is 33.2 Å². The van der Waals surface area contributed by atoms with Crippen LogP contribution < -0.4 is 0 Å². The Labute approximate surface area is 194 Å². The predicted octanol–water partition coefficient (Wildman–Crippen LogP) is 6.67. The minimum atomic E-state index is -5.20. The Kier molecular flexibility index (Phi) is 6.55. The zero-order valence-electron chi connectivity index (χ0n) is 16.8. The SMILES string of the molecule is Cc1nn(S(=O)(=O)c2cc(C(F)(F)F)cc(C(F)(F)F)c2)c(C)c1Cc1c(Cl)cccc1Cl. The second-order valence-electron chi connectivity index (χ2n) is 7.12. The zero-order chi connectivity index (χ0) is 24.9. The highest BCUT2D eigenvalue weighted by Crippen LogP contribution is 2.38. The molecule has 178 valence electrons. The van der Waals surface area contributed by atoms with Gasteiger partial charge < -0.3 is 0 Å². The lowest BCUT2D eigenvalue weighted by molar-refractivity contribution is -0.143. The molecule has 2 aromatic carbocycles. The molecule has 0 saturated heterocycles. The van der Waals surface area contributed by atoms with Gasteiger partial charge in [-0.2, -0.15) is 43.9 Å². The molecule has 1 aromatic heterocycles. The first-order valence-electron chi connectivity index (χ1n) is 9.06. The number of alkyl halides is 6. The predicted molar refractivity (Wildman–Crippen MR) is 110 cm³/mol. The molecule has 0 saturated carbocycles. The summed E-state index contributed by atoms with van der Waals surface area (Å²) in [7, 11) is -4.91. The molecule has 4 nitrogen and oxygen atoms in total. The van der Waals surface area contributed by atoms with E-state index in [-0.39, 0.29) is 36.0 Å². The van der Waals surface area contributed by atoms with Crippen molar-refractivity contribution in [2.75, 3.05) is 0 Å². The van der Waals surface area contributed by atoms with E-state index in [4.69, 9.17) is 23.2 Å².